The van der Waals surface area contributed by atoms with E-state index in [2.05, 4.69) is 36.7 Å². The van der Waals surface area contributed by atoms with Crippen LogP contribution in [0.15, 0.2) is 33.8 Å². The predicted octanol–water partition coefficient (Wildman–Crippen LogP) is 3.26. The normalized spacial score (nSPS) is 11.5. The average molecular weight is 363 g/mol. The highest BCUT2D eigenvalue weighted by Crippen LogP contribution is 2.12. The molecule has 6 heteroatoms. The van der Waals surface area contributed by atoms with Gasteiger partial charge in [0.1, 0.15) is 0 Å². The van der Waals surface area contributed by atoms with Crippen molar-refractivity contribution >= 4 is 27.5 Å². The topological polar surface area (TPSA) is 70.1 Å². The molecule has 0 unspecified atom stereocenters. The molecule has 2 rings (SSSR count). The molecule has 116 valence electrons. The Morgan fingerprint density at radius 3 is 2.59 bits per heavy atom. The lowest BCUT2D eigenvalue weighted by Crippen LogP contribution is -2.19. The number of halogens is 1. The Balaban J connectivity index is 1.89. The number of carbonyl (C=O) groups excluding carboxylic acids is 1. The maximum Gasteiger partial charge on any atom is 0.240 e. The van der Waals surface area contributed by atoms with Gasteiger partial charge in [-0.15, -0.1) is 0 Å². The van der Waals surface area contributed by atoms with Gasteiger partial charge in [-0.25, -0.2) is 5.43 Å². The van der Waals surface area contributed by atoms with Gasteiger partial charge in [0.15, 0.2) is 0 Å². The number of amides is 1. The number of rotatable bonds is 5. The second kappa shape index (κ2) is 7.35. The molecule has 0 radical (unpaired) electrons. The van der Waals surface area contributed by atoms with Gasteiger partial charge in [0, 0.05) is 16.6 Å². The third-order valence-electron chi connectivity index (χ3n) is 3.49. The molecule has 1 heterocycles. The first kappa shape index (κ1) is 16.4. The first-order chi connectivity index (χ1) is 10.5. The molecule has 1 aromatic carbocycles. The van der Waals surface area contributed by atoms with Gasteiger partial charge in [0.05, 0.1) is 11.4 Å². The smallest absolute Gasteiger partial charge is 0.240 e. The van der Waals surface area contributed by atoms with Crippen LogP contribution >= 0.6 is 15.9 Å². The van der Waals surface area contributed by atoms with Crippen LogP contribution in [0.5, 0.6) is 0 Å². The molecular weight excluding hydrogens is 344 g/mol. The van der Waals surface area contributed by atoms with Crippen LogP contribution in [-0.4, -0.2) is 21.8 Å². The van der Waals surface area contributed by atoms with Gasteiger partial charge in [0.25, 0.3) is 0 Å². The average Bonchev–Trinajstić information content (AvgIpc) is 2.82. The summed E-state index contributed by atoms with van der Waals surface area (Å²) in [7, 11) is 0. The summed E-state index contributed by atoms with van der Waals surface area (Å²) < 4.78 is 1.01. The highest BCUT2D eigenvalue weighted by atomic mass is 79.9. The second-order valence-corrected chi connectivity index (χ2v) is 6.07. The fraction of sp³-hybridized carbons (Fsp3) is 0.312. The third-order valence-corrected chi connectivity index (χ3v) is 4.02. The number of nitrogens with zero attached hydrogens (tertiary/aromatic N) is 2. The van der Waals surface area contributed by atoms with E-state index in [0.29, 0.717) is 12.8 Å². The Labute approximate surface area is 138 Å². The summed E-state index contributed by atoms with van der Waals surface area (Å²) in [4.78, 5) is 11.9. The first-order valence-electron chi connectivity index (χ1n) is 7.07. The van der Waals surface area contributed by atoms with Crippen LogP contribution in [0, 0.1) is 13.8 Å². The first-order valence-corrected chi connectivity index (χ1v) is 7.86. The van der Waals surface area contributed by atoms with Crippen LogP contribution < -0.4 is 5.43 Å². The number of aryl methyl sites for hydroxylation is 2. The fourth-order valence-corrected chi connectivity index (χ4v) is 2.40. The Kier molecular flexibility index (Phi) is 5.49. The van der Waals surface area contributed by atoms with E-state index in [1.807, 2.05) is 45.0 Å². The number of nitrogens with one attached hydrogen (secondary N) is 2. The molecule has 1 amide bonds. The van der Waals surface area contributed by atoms with Crippen LogP contribution in [0.3, 0.4) is 0 Å². The molecule has 0 spiro atoms. The van der Waals surface area contributed by atoms with Crippen molar-refractivity contribution in [2.24, 2.45) is 5.10 Å². The second-order valence-electron chi connectivity index (χ2n) is 5.15. The van der Waals surface area contributed by atoms with Crippen molar-refractivity contribution in [1.29, 1.82) is 0 Å². The van der Waals surface area contributed by atoms with Gasteiger partial charge >= 0.3 is 0 Å². The van der Waals surface area contributed by atoms with Gasteiger partial charge in [-0.05, 0) is 50.5 Å². The number of aromatic nitrogens is 2. The Bertz CT molecular complexity index is 669. The number of hydrogen-bond acceptors (Lipinski definition) is 3. The molecule has 22 heavy (non-hydrogen) atoms. The highest BCUT2D eigenvalue weighted by molar-refractivity contribution is 9.10. The largest absolute Gasteiger partial charge is 0.282 e. The van der Waals surface area contributed by atoms with Crippen LogP contribution in [0.4, 0.5) is 0 Å². The molecular formula is C16H19BrN4O. The van der Waals surface area contributed by atoms with E-state index >= 15 is 0 Å². The summed E-state index contributed by atoms with van der Waals surface area (Å²) in [5.41, 5.74) is 7.41. The number of H-pyrrole nitrogens is 1. The van der Waals surface area contributed by atoms with Crippen molar-refractivity contribution < 1.29 is 4.79 Å². The highest BCUT2D eigenvalue weighted by Gasteiger charge is 2.09. The number of benzene rings is 1. The van der Waals surface area contributed by atoms with E-state index in [1.165, 1.54) is 0 Å². The van der Waals surface area contributed by atoms with Crippen molar-refractivity contribution in [3.8, 4) is 0 Å². The zero-order valence-electron chi connectivity index (χ0n) is 12.9. The lowest BCUT2D eigenvalue weighted by molar-refractivity contribution is -0.121. The zero-order valence-corrected chi connectivity index (χ0v) is 14.5. The Hall–Kier alpha value is -1.95. The monoisotopic (exact) mass is 362 g/mol. The van der Waals surface area contributed by atoms with E-state index in [-0.39, 0.29) is 5.91 Å². The van der Waals surface area contributed by atoms with Crippen molar-refractivity contribution in [3.63, 3.8) is 0 Å². The van der Waals surface area contributed by atoms with Gasteiger partial charge in [-0.1, -0.05) is 28.1 Å². The molecule has 1 aromatic heterocycles. The lowest BCUT2D eigenvalue weighted by atomic mass is 10.1. The van der Waals surface area contributed by atoms with Crippen LogP contribution in [0.2, 0.25) is 0 Å². The van der Waals surface area contributed by atoms with Crippen molar-refractivity contribution in [2.75, 3.05) is 0 Å². The maximum absolute atomic E-state index is 11.9. The van der Waals surface area contributed by atoms with Gasteiger partial charge in [0.2, 0.25) is 5.91 Å². The minimum absolute atomic E-state index is 0.100. The molecule has 0 aliphatic heterocycles. The molecule has 0 bridgehead atoms. The molecule has 0 atom stereocenters. The molecule has 2 N–H and O–H groups in total. The van der Waals surface area contributed by atoms with E-state index < -0.39 is 0 Å². The molecule has 5 nitrogen and oxygen atoms in total. The summed E-state index contributed by atoms with van der Waals surface area (Å²) in [5.74, 6) is -0.100. The molecule has 0 aliphatic carbocycles. The van der Waals surface area contributed by atoms with E-state index in [4.69, 9.17) is 0 Å². The van der Waals surface area contributed by atoms with Gasteiger partial charge < -0.3 is 0 Å². The number of hydrogen-bond donors (Lipinski definition) is 2. The number of aromatic amines is 1. The minimum atomic E-state index is -0.100. The molecule has 0 saturated heterocycles. The Morgan fingerprint density at radius 1 is 1.32 bits per heavy atom. The van der Waals surface area contributed by atoms with Crippen molar-refractivity contribution in [3.05, 3.63) is 51.3 Å². The van der Waals surface area contributed by atoms with E-state index in [0.717, 1.165) is 32.7 Å². The SMILES string of the molecule is C/C(=N\NC(=O)CCc1c(C)n[nH]c1C)c1ccc(Br)cc1. The summed E-state index contributed by atoms with van der Waals surface area (Å²) in [6.07, 6.45) is 1.05. The quantitative estimate of drug-likeness (QED) is 0.632. The van der Waals surface area contributed by atoms with Crippen LogP contribution in [0.25, 0.3) is 0 Å². The molecule has 0 fully saturated rings. The Morgan fingerprint density at radius 2 is 2.00 bits per heavy atom. The van der Waals surface area contributed by atoms with E-state index in [1.54, 1.807) is 0 Å². The number of hydrazone groups is 1. The molecule has 2 aromatic rings. The summed E-state index contributed by atoms with van der Waals surface area (Å²) >= 11 is 3.39. The van der Waals surface area contributed by atoms with Crippen molar-refractivity contribution in [1.82, 2.24) is 15.6 Å². The van der Waals surface area contributed by atoms with Crippen LogP contribution in [0.1, 0.15) is 35.9 Å². The molecule has 0 aliphatic rings. The number of carbonyl (C=O) groups is 1. The summed E-state index contributed by atoms with van der Waals surface area (Å²) in [6.45, 7) is 5.77. The standard InChI is InChI=1S/C16H19BrN4O/c1-10(13-4-6-14(17)7-5-13)18-21-16(22)9-8-15-11(2)19-20-12(15)3/h4-7H,8-9H2,1-3H3,(H,19,20)(H,21,22)/b18-10+. The molecule has 0 saturated carbocycles. The zero-order chi connectivity index (χ0) is 16.1. The summed E-state index contributed by atoms with van der Waals surface area (Å²) in [6, 6.07) is 7.79. The predicted molar refractivity (Wildman–Crippen MR) is 90.9 cm³/mol. The lowest BCUT2D eigenvalue weighted by Gasteiger charge is -2.04. The minimum Gasteiger partial charge on any atom is -0.282 e. The van der Waals surface area contributed by atoms with Crippen LogP contribution in [-0.2, 0) is 11.2 Å². The fourth-order valence-electron chi connectivity index (χ4n) is 2.14. The van der Waals surface area contributed by atoms with Gasteiger partial charge in [-0.3, -0.25) is 9.89 Å². The van der Waals surface area contributed by atoms with E-state index in [9.17, 15) is 4.79 Å². The summed E-state index contributed by atoms with van der Waals surface area (Å²) in [5, 5.41) is 11.2. The third kappa shape index (κ3) is 4.27. The van der Waals surface area contributed by atoms with Gasteiger partial charge in [-0.2, -0.15) is 10.2 Å². The van der Waals surface area contributed by atoms with Crippen molar-refractivity contribution in [2.45, 2.75) is 33.6 Å². The maximum atomic E-state index is 11.9.